The molecule has 4 atom stereocenters. The van der Waals surface area contributed by atoms with Crippen LogP contribution >= 0.6 is 39.5 Å². The van der Waals surface area contributed by atoms with Crippen LogP contribution in [0.1, 0.15) is 32.9 Å². The van der Waals surface area contributed by atoms with Gasteiger partial charge in [-0.25, -0.2) is 0 Å². The molecule has 1 aromatic heterocycles. The number of halogens is 1. The second-order valence-electron chi connectivity index (χ2n) is 5.65. The van der Waals surface area contributed by atoms with E-state index < -0.39 is 0 Å². The van der Waals surface area contributed by atoms with Gasteiger partial charge in [0.15, 0.2) is 0 Å². The quantitative estimate of drug-likeness (QED) is 0.781. The Bertz CT molecular complexity index is 427. The molecule has 1 aromatic rings. The average molecular weight is 389 g/mol. The molecule has 1 fully saturated rings. The van der Waals surface area contributed by atoms with E-state index in [0.29, 0.717) is 11.3 Å². The summed E-state index contributed by atoms with van der Waals surface area (Å²) in [6.45, 7) is 8.04. The predicted octanol–water partition coefficient (Wildman–Crippen LogP) is 4.38. The monoisotopic (exact) mass is 388 g/mol. The normalized spacial score (nSPS) is 27.5. The van der Waals surface area contributed by atoms with E-state index in [-0.39, 0.29) is 0 Å². The molecule has 0 radical (unpaired) electrons. The van der Waals surface area contributed by atoms with Crippen LogP contribution in [0.25, 0.3) is 0 Å². The van der Waals surface area contributed by atoms with Crippen LogP contribution in [0.2, 0.25) is 0 Å². The van der Waals surface area contributed by atoms with Gasteiger partial charge < -0.3 is 5.32 Å². The first-order valence-corrected chi connectivity index (χ1v) is 10.5. The van der Waals surface area contributed by atoms with Crippen LogP contribution < -0.4 is 5.32 Å². The highest BCUT2D eigenvalue weighted by Gasteiger charge is 2.31. The van der Waals surface area contributed by atoms with Gasteiger partial charge in [0.25, 0.3) is 0 Å². The molecular formula is C16H25BrN2S2. The zero-order valence-electron chi connectivity index (χ0n) is 13.0. The first kappa shape index (κ1) is 17.6. The Hall–Kier alpha value is 0.290. The number of nitrogens with zero attached hydrogens (tertiary/aromatic N) is 1. The molecule has 4 unspecified atom stereocenters. The maximum absolute atomic E-state index is 4.55. The van der Waals surface area contributed by atoms with Crippen molar-refractivity contribution < 1.29 is 0 Å². The highest BCUT2D eigenvalue weighted by molar-refractivity contribution is 9.10. The third-order valence-electron chi connectivity index (χ3n) is 3.90. The number of pyridine rings is 1. The summed E-state index contributed by atoms with van der Waals surface area (Å²) in [5.74, 6) is 1.24. The lowest BCUT2D eigenvalue weighted by Gasteiger charge is -2.36. The Kier molecular flexibility index (Phi) is 7.39. The Morgan fingerprint density at radius 2 is 2.19 bits per heavy atom. The van der Waals surface area contributed by atoms with E-state index in [1.54, 1.807) is 0 Å². The Balaban J connectivity index is 2.01. The van der Waals surface area contributed by atoms with Gasteiger partial charge >= 0.3 is 0 Å². The van der Waals surface area contributed by atoms with Gasteiger partial charge in [0.2, 0.25) is 0 Å². The van der Waals surface area contributed by atoms with Gasteiger partial charge in [-0.1, -0.05) is 20.8 Å². The highest BCUT2D eigenvalue weighted by Crippen LogP contribution is 2.37. The summed E-state index contributed by atoms with van der Waals surface area (Å²) >= 11 is 7.73. The molecule has 0 amide bonds. The van der Waals surface area contributed by atoms with Gasteiger partial charge in [-0.3, -0.25) is 4.98 Å². The van der Waals surface area contributed by atoms with Crippen LogP contribution in [0, 0.1) is 0 Å². The maximum Gasteiger partial charge on any atom is 0.0420 e. The molecule has 1 saturated heterocycles. The van der Waals surface area contributed by atoms with E-state index in [2.05, 4.69) is 82.7 Å². The first-order valence-electron chi connectivity index (χ1n) is 7.71. The van der Waals surface area contributed by atoms with Crippen molar-refractivity contribution in [2.75, 3.05) is 12.3 Å². The molecule has 118 valence electrons. The number of aromatic nitrogens is 1. The van der Waals surface area contributed by atoms with E-state index in [0.717, 1.165) is 27.9 Å². The fraction of sp³-hybridized carbons (Fsp3) is 0.688. The smallest absolute Gasteiger partial charge is 0.0420 e. The summed E-state index contributed by atoms with van der Waals surface area (Å²) in [6, 6.07) is 4.75. The van der Waals surface area contributed by atoms with E-state index >= 15 is 0 Å². The Labute approximate surface area is 145 Å². The minimum Gasteiger partial charge on any atom is -0.312 e. The largest absolute Gasteiger partial charge is 0.312 e. The van der Waals surface area contributed by atoms with Crippen LogP contribution in [0.15, 0.2) is 22.8 Å². The first-order chi connectivity index (χ1) is 10.1. The van der Waals surface area contributed by atoms with Crippen LogP contribution in [0.5, 0.6) is 0 Å². The average Bonchev–Trinajstić information content (AvgIpc) is 2.48. The lowest BCUT2D eigenvalue weighted by atomic mass is 10.1. The van der Waals surface area contributed by atoms with Gasteiger partial charge in [-0.05, 0) is 41.0 Å². The van der Waals surface area contributed by atoms with Gasteiger partial charge in [0.1, 0.15) is 0 Å². The topological polar surface area (TPSA) is 24.9 Å². The van der Waals surface area contributed by atoms with Crippen LogP contribution in [0.4, 0.5) is 0 Å². The van der Waals surface area contributed by atoms with Crippen LogP contribution in [-0.4, -0.2) is 39.1 Å². The molecule has 1 N–H and O–H groups in total. The molecule has 1 aliphatic heterocycles. The standard InChI is InChI=1S/C16H25BrN2S2/c1-4-7-18-15(8-14-6-5-13(17)9-19-14)16-10-20-11(2)12(3)21-16/h5-6,9,11-12,15-16,18H,4,7-8,10H2,1-3H3. The zero-order valence-corrected chi connectivity index (χ0v) is 16.2. The highest BCUT2D eigenvalue weighted by atomic mass is 79.9. The molecule has 5 heteroatoms. The Morgan fingerprint density at radius 1 is 1.38 bits per heavy atom. The van der Waals surface area contributed by atoms with Crippen molar-refractivity contribution in [3.63, 3.8) is 0 Å². The van der Waals surface area contributed by atoms with Crippen molar-refractivity contribution in [2.45, 2.75) is 55.4 Å². The molecule has 0 aromatic carbocycles. The van der Waals surface area contributed by atoms with Crippen LogP contribution in [-0.2, 0) is 6.42 Å². The third kappa shape index (κ3) is 5.45. The van der Waals surface area contributed by atoms with E-state index in [4.69, 9.17) is 0 Å². The molecule has 0 saturated carbocycles. The van der Waals surface area contributed by atoms with Crippen molar-refractivity contribution in [2.24, 2.45) is 0 Å². The molecule has 2 rings (SSSR count). The zero-order chi connectivity index (χ0) is 15.2. The van der Waals surface area contributed by atoms with Crippen molar-refractivity contribution >= 4 is 39.5 Å². The number of nitrogens with one attached hydrogen (secondary N) is 1. The second-order valence-corrected chi connectivity index (χ2v) is 9.60. The molecule has 21 heavy (non-hydrogen) atoms. The lowest BCUT2D eigenvalue weighted by Crippen LogP contribution is -2.45. The third-order valence-corrected chi connectivity index (χ3v) is 7.92. The summed E-state index contributed by atoms with van der Waals surface area (Å²) in [5.41, 5.74) is 1.18. The molecule has 2 nitrogen and oxygen atoms in total. The fourth-order valence-corrected chi connectivity index (χ4v) is 5.80. The molecule has 0 aliphatic carbocycles. The van der Waals surface area contributed by atoms with Crippen molar-refractivity contribution in [1.82, 2.24) is 10.3 Å². The summed E-state index contributed by atoms with van der Waals surface area (Å²) < 4.78 is 1.05. The van der Waals surface area contributed by atoms with Crippen molar-refractivity contribution in [3.05, 3.63) is 28.5 Å². The SMILES string of the molecule is CCCNC(Cc1ccc(Br)cn1)C1CSC(C)C(C)S1. The van der Waals surface area contributed by atoms with Gasteiger partial charge in [-0.2, -0.15) is 23.5 Å². The number of rotatable bonds is 6. The summed E-state index contributed by atoms with van der Waals surface area (Å²) in [4.78, 5) is 4.55. The second kappa shape index (κ2) is 8.80. The minimum absolute atomic E-state index is 0.520. The van der Waals surface area contributed by atoms with E-state index in [9.17, 15) is 0 Å². The minimum atomic E-state index is 0.520. The van der Waals surface area contributed by atoms with E-state index in [1.807, 2.05) is 6.20 Å². The van der Waals surface area contributed by atoms with Gasteiger partial charge in [-0.15, -0.1) is 0 Å². The van der Waals surface area contributed by atoms with E-state index in [1.165, 1.54) is 17.9 Å². The summed E-state index contributed by atoms with van der Waals surface area (Å²) in [6.07, 6.45) is 4.10. The van der Waals surface area contributed by atoms with Gasteiger partial charge in [0.05, 0.1) is 0 Å². The van der Waals surface area contributed by atoms with Crippen molar-refractivity contribution in [1.29, 1.82) is 0 Å². The van der Waals surface area contributed by atoms with Gasteiger partial charge in [0, 0.05) is 50.3 Å². The molecular weight excluding hydrogens is 364 g/mol. The number of thioether (sulfide) groups is 2. The molecule has 1 aliphatic rings. The number of hydrogen-bond acceptors (Lipinski definition) is 4. The molecule has 2 heterocycles. The maximum atomic E-state index is 4.55. The summed E-state index contributed by atoms with van der Waals surface area (Å²) in [7, 11) is 0. The molecule has 0 bridgehead atoms. The summed E-state index contributed by atoms with van der Waals surface area (Å²) in [5, 5.41) is 5.93. The van der Waals surface area contributed by atoms with Crippen LogP contribution in [0.3, 0.4) is 0 Å². The Morgan fingerprint density at radius 3 is 2.81 bits per heavy atom. The number of hydrogen-bond donors (Lipinski definition) is 1. The molecule has 0 spiro atoms. The predicted molar refractivity (Wildman–Crippen MR) is 100 cm³/mol. The lowest BCUT2D eigenvalue weighted by molar-refractivity contribution is 0.499. The van der Waals surface area contributed by atoms with Crippen molar-refractivity contribution in [3.8, 4) is 0 Å². The fourth-order valence-electron chi connectivity index (χ4n) is 2.44.